The molecule has 4 nitrogen and oxygen atoms in total. The summed E-state index contributed by atoms with van der Waals surface area (Å²) in [7, 11) is 3.95. The van der Waals surface area contributed by atoms with Crippen molar-refractivity contribution < 1.29 is 8.78 Å². The van der Waals surface area contributed by atoms with Crippen LogP contribution in [0.4, 0.5) is 13.9 Å². The summed E-state index contributed by atoms with van der Waals surface area (Å²) in [5, 5.41) is 0.748. The third kappa shape index (κ3) is 4.44. The van der Waals surface area contributed by atoms with E-state index < -0.39 is 11.6 Å². The molecule has 2 rings (SSSR count). The molecule has 0 amide bonds. The Labute approximate surface area is 127 Å². The first-order valence-electron chi connectivity index (χ1n) is 6.59. The average Bonchev–Trinajstić information content (AvgIpc) is 2.83. The van der Waals surface area contributed by atoms with Crippen LogP contribution in [-0.2, 0) is 6.54 Å². The number of aromatic nitrogens is 2. The van der Waals surface area contributed by atoms with E-state index in [4.69, 9.17) is 0 Å². The summed E-state index contributed by atoms with van der Waals surface area (Å²) >= 11 is 1.29. The molecule has 0 aliphatic carbocycles. The average molecular weight is 312 g/mol. The van der Waals surface area contributed by atoms with Gasteiger partial charge in [0.1, 0.15) is 17.5 Å². The minimum atomic E-state index is -0.567. The lowest BCUT2D eigenvalue weighted by molar-refractivity contribution is 0.412. The second kappa shape index (κ2) is 6.91. The molecule has 0 saturated heterocycles. The van der Waals surface area contributed by atoms with E-state index >= 15 is 0 Å². The first-order valence-corrected chi connectivity index (χ1v) is 7.37. The first kappa shape index (κ1) is 15.8. The van der Waals surface area contributed by atoms with Crippen molar-refractivity contribution in [3.05, 3.63) is 41.2 Å². The Morgan fingerprint density at radius 2 is 1.95 bits per heavy atom. The second-order valence-corrected chi connectivity index (χ2v) is 5.82. The maximum Gasteiger partial charge on any atom is 0.205 e. The van der Waals surface area contributed by atoms with E-state index in [0.717, 1.165) is 17.7 Å². The molecule has 0 atom stereocenters. The van der Waals surface area contributed by atoms with Crippen LogP contribution in [0.1, 0.15) is 11.4 Å². The molecule has 1 heterocycles. The smallest absolute Gasteiger partial charge is 0.205 e. The van der Waals surface area contributed by atoms with Gasteiger partial charge in [0, 0.05) is 42.8 Å². The lowest BCUT2D eigenvalue weighted by Crippen LogP contribution is -2.31. The molecular weight excluding hydrogens is 294 g/mol. The third-order valence-electron chi connectivity index (χ3n) is 2.98. The molecule has 114 valence electrons. The van der Waals surface area contributed by atoms with Gasteiger partial charge in [-0.2, -0.15) is 4.37 Å². The van der Waals surface area contributed by atoms with Gasteiger partial charge >= 0.3 is 0 Å². The zero-order valence-corrected chi connectivity index (χ0v) is 13.1. The summed E-state index contributed by atoms with van der Waals surface area (Å²) in [6.07, 6.45) is 0. The molecule has 0 N–H and O–H groups in total. The number of rotatable bonds is 6. The van der Waals surface area contributed by atoms with Gasteiger partial charge in [-0.15, -0.1) is 0 Å². The molecule has 7 heteroatoms. The van der Waals surface area contributed by atoms with Gasteiger partial charge in [-0.25, -0.2) is 13.8 Å². The van der Waals surface area contributed by atoms with Crippen LogP contribution in [0.5, 0.6) is 0 Å². The zero-order chi connectivity index (χ0) is 15.4. The zero-order valence-electron chi connectivity index (χ0n) is 12.3. The van der Waals surface area contributed by atoms with Crippen molar-refractivity contribution in [1.82, 2.24) is 14.3 Å². The Kier molecular flexibility index (Phi) is 5.19. The van der Waals surface area contributed by atoms with Gasteiger partial charge in [-0.1, -0.05) is 6.07 Å². The molecule has 0 spiro atoms. The fraction of sp³-hybridized carbons (Fsp3) is 0.429. The number of anilines is 1. The number of benzene rings is 1. The van der Waals surface area contributed by atoms with Gasteiger partial charge in [-0.3, -0.25) is 0 Å². The summed E-state index contributed by atoms with van der Waals surface area (Å²) in [5.74, 6) is -0.404. The van der Waals surface area contributed by atoms with Gasteiger partial charge < -0.3 is 9.80 Å². The molecular formula is C14H18F2N4S. The Balaban J connectivity index is 2.18. The second-order valence-electron chi connectivity index (χ2n) is 5.08. The maximum atomic E-state index is 13.8. The van der Waals surface area contributed by atoms with Crippen molar-refractivity contribution in [2.24, 2.45) is 0 Å². The quantitative estimate of drug-likeness (QED) is 0.821. The number of aryl methyl sites for hydroxylation is 1. The van der Waals surface area contributed by atoms with Crippen molar-refractivity contribution in [2.45, 2.75) is 13.5 Å². The Morgan fingerprint density at radius 1 is 1.19 bits per heavy atom. The van der Waals surface area contributed by atoms with Crippen LogP contribution in [-0.4, -0.2) is 41.4 Å². The SMILES string of the molecule is Cc1nsc(N(CCN(C)C)Cc2ccc(F)cc2F)n1. The monoisotopic (exact) mass is 312 g/mol. The van der Waals surface area contributed by atoms with Gasteiger partial charge in [0.2, 0.25) is 5.13 Å². The van der Waals surface area contributed by atoms with Crippen LogP contribution in [0.25, 0.3) is 0 Å². The van der Waals surface area contributed by atoms with E-state index in [2.05, 4.69) is 9.36 Å². The third-order valence-corrected chi connectivity index (χ3v) is 3.85. The van der Waals surface area contributed by atoms with Crippen LogP contribution < -0.4 is 4.90 Å². The highest BCUT2D eigenvalue weighted by Crippen LogP contribution is 2.21. The van der Waals surface area contributed by atoms with E-state index in [1.54, 1.807) is 0 Å². The Hall–Kier alpha value is -1.60. The van der Waals surface area contributed by atoms with Crippen molar-refractivity contribution in [1.29, 1.82) is 0 Å². The molecule has 0 aliphatic rings. The van der Waals surface area contributed by atoms with E-state index in [0.29, 0.717) is 24.5 Å². The van der Waals surface area contributed by atoms with E-state index in [9.17, 15) is 8.78 Å². The van der Waals surface area contributed by atoms with E-state index in [-0.39, 0.29) is 0 Å². The highest BCUT2D eigenvalue weighted by atomic mass is 32.1. The lowest BCUT2D eigenvalue weighted by Gasteiger charge is -2.23. The number of likely N-dealkylation sites (N-methyl/N-ethyl adjacent to an activating group) is 1. The van der Waals surface area contributed by atoms with Crippen molar-refractivity contribution >= 4 is 16.7 Å². The van der Waals surface area contributed by atoms with Crippen LogP contribution in [0.15, 0.2) is 18.2 Å². The van der Waals surface area contributed by atoms with Crippen molar-refractivity contribution in [3.63, 3.8) is 0 Å². The topological polar surface area (TPSA) is 32.3 Å². The summed E-state index contributed by atoms with van der Waals surface area (Å²) < 4.78 is 31.0. The van der Waals surface area contributed by atoms with Gasteiger partial charge in [0.05, 0.1) is 0 Å². The van der Waals surface area contributed by atoms with Gasteiger partial charge in [0.25, 0.3) is 0 Å². The summed E-state index contributed by atoms with van der Waals surface area (Å²) in [5.41, 5.74) is 0.447. The maximum absolute atomic E-state index is 13.8. The van der Waals surface area contributed by atoms with Gasteiger partial charge in [-0.05, 0) is 27.1 Å². The number of hydrogen-bond donors (Lipinski definition) is 0. The fourth-order valence-electron chi connectivity index (χ4n) is 1.83. The predicted octanol–water partition coefficient (Wildman–Crippen LogP) is 2.69. The van der Waals surface area contributed by atoms with E-state index in [1.165, 1.54) is 23.7 Å². The van der Waals surface area contributed by atoms with Crippen LogP contribution in [0.3, 0.4) is 0 Å². The van der Waals surface area contributed by atoms with Gasteiger partial charge in [0.15, 0.2) is 0 Å². The molecule has 1 aromatic carbocycles. The standard InChI is InChI=1S/C14H18F2N4S/c1-10-17-14(21-18-10)20(7-6-19(2)3)9-11-4-5-12(15)8-13(11)16/h4-5,8H,6-7,9H2,1-3H3. The summed E-state index contributed by atoms with van der Waals surface area (Å²) in [4.78, 5) is 8.35. The largest absolute Gasteiger partial charge is 0.341 e. The molecule has 0 unspecified atom stereocenters. The fourth-order valence-corrected chi connectivity index (χ4v) is 2.53. The summed E-state index contributed by atoms with van der Waals surface area (Å²) in [6.45, 7) is 3.66. The minimum Gasteiger partial charge on any atom is -0.341 e. The Bertz CT molecular complexity index is 600. The molecule has 0 radical (unpaired) electrons. The molecule has 2 aromatic rings. The van der Waals surface area contributed by atoms with Crippen molar-refractivity contribution in [2.75, 3.05) is 32.1 Å². The van der Waals surface area contributed by atoms with Crippen LogP contribution >= 0.6 is 11.5 Å². The molecule has 0 fully saturated rings. The number of hydrogen-bond acceptors (Lipinski definition) is 5. The normalized spacial score (nSPS) is 11.1. The van der Waals surface area contributed by atoms with Crippen LogP contribution in [0, 0.1) is 18.6 Å². The number of nitrogens with zero attached hydrogens (tertiary/aromatic N) is 4. The molecule has 0 bridgehead atoms. The van der Waals surface area contributed by atoms with E-state index in [1.807, 2.05) is 30.8 Å². The highest BCUT2D eigenvalue weighted by molar-refractivity contribution is 7.09. The Morgan fingerprint density at radius 3 is 2.52 bits per heavy atom. The molecule has 1 aromatic heterocycles. The van der Waals surface area contributed by atoms with Crippen molar-refractivity contribution in [3.8, 4) is 0 Å². The highest BCUT2D eigenvalue weighted by Gasteiger charge is 2.15. The summed E-state index contributed by atoms with van der Waals surface area (Å²) in [6, 6.07) is 3.65. The minimum absolute atomic E-state index is 0.342. The molecule has 0 saturated carbocycles. The number of halogens is 2. The predicted molar refractivity (Wildman–Crippen MR) is 80.6 cm³/mol. The lowest BCUT2D eigenvalue weighted by atomic mass is 10.2. The van der Waals surface area contributed by atoms with Crippen LogP contribution in [0.2, 0.25) is 0 Å². The first-order chi connectivity index (χ1) is 9.95. The molecule has 0 aliphatic heterocycles. The molecule has 21 heavy (non-hydrogen) atoms.